The van der Waals surface area contributed by atoms with Gasteiger partial charge in [-0.25, -0.2) is 4.98 Å². The number of aromatic nitrogens is 2. The van der Waals surface area contributed by atoms with E-state index in [-0.39, 0.29) is 29.0 Å². The van der Waals surface area contributed by atoms with Gasteiger partial charge in [-0.1, -0.05) is 0 Å². The smallest absolute Gasteiger partial charge is 0.311 e. The number of ether oxygens (including phenoxy) is 1. The zero-order valence-electron chi connectivity index (χ0n) is 11.1. The van der Waals surface area contributed by atoms with Crippen LogP contribution in [0.2, 0.25) is 0 Å². The van der Waals surface area contributed by atoms with Crippen molar-refractivity contribution in [1.29, 1.82) is 0 Å². The summed E-state index contributed by atoms with van der Waals surface area (Å²) in [6, 6.07) is 2.48. The molecule has 0 amide bonds. The third-order valence-electron chi connectivity index (χ3n) is 3.70. The van der Waals surface area contributed by atoms with E-state index < -0.39 is 10.5 Å². The van der Waals surface area contributed by atoms with Crippen LogP contribution in [-0.2, 0) is 0 Å². The van der Waals surface area contributed by atoms with E-state index in [1.807, 2.05) is 0 Å². The number of nitrogens with zero attached hydrogens (tertiary/aromatic N) is 2. The highest BCUT2D eigenvalue weighted by Gasteiger charge is 2.28. The second kappa shape index (κ2) is 5.13. The molecule has 1 aromatic heterocycles. The van der Waals surface area contributed by atoms with Gasteiger partial charge in [-0.05, 0) is 19.3 Å². The van der Waals surface area contributed by atoms with Crippen LogP contribution in [0.5, 0.6) is 5.75 Å². The van der Waals surface area contributed by atoms with Gasteiger partial charge in [0.2, 0.25) is 0 Å². The number of nitrogens with one attached hydrogen (secondary N) is 1. The summed E-state index contributed by atoms with van der Waals surface area (Å²) in [4.78, 5) is 28.7. The van der Waals surface area contributed by atoms with E-state index in [1.54, 1.807) is 0 Å². The summed E-state index contributed by atoms with van der Waals surface area (Å²) in [5, 5.41) is 11.4. The molecule has 0 aliphatic heterocycles. The second-order valence-corrected chi connectivity index (χ2v) is 5.08. The summed E-state index contributed by atoms with van der Waals surface area (Å²) in [6.07, 6.45) is 3.54. The van der Waals surface area contributed by atoms with Gasteiger partial charge in [0, 0.05) is 18.2 Å². The largest absolute Gasteiger partial charge is 0.482 e. The van der Waals surface area contributed by atoms with Gasteiger partial charge >= 0.3 is 5.69 Å². The van der Waals surface area contributed by atoms with E-state index in [9.17, 15) is 14.9 Å². The molecule has 1 aromatic carbocycles. The highest BCUT2D eigenvalue weighted by molar-refractivity contribution is 5.82. The Hall–Kier alpha value is -2.48. The molecule has 0 radical (unpaired) electrons. The van der Waals surface area contributed by atoms with Crippen molar-refractivity contribution in [3.63, 3.8) is 0 Å². The van der Waals surface area contributed by atoms with Crippen LogP contribution in [0.1, 0.15) is 19.3 Å². The first-order valence-corrected chi connectivity index (χ1v) is 6.64. The Bertz CT molecular complexity index is 757. The molecular weight excluding hydrogens is 276 g/mol. The van der Waals surface area contributed by atoms with Gasteiger partial charge in [0.25, 0.3) is 5.56 Å². The topological polar surface area (TPSA) is 124 Å². The van der Waals surface area contributed by atoms with Crippen LogP contribution in [-0.4, -0.2) is 27.0 Å². The Kier molecular flexibility index (Phi) is 3.30. The van der Waals surface area contributed by atoms with Gasteiger partial charge in [-0.3, -0.25) is 14.9 Å². The zero-order chi connectivity index (χ0) is 15.0. The fourth-order valence-electron chi connectivity index (χ4n) is 2.59. The van der Waals surface area contributed by atoms with Crippen molar-refractivity contribution in [1.82, 2.24) is 9.97 Å². The number of benzene rings is 1. The number of fused-ring (bicyclic) bond motifs is 1. The summed E-state index contributed by atoms with van der Waals surface area (Å²) in [5.41, 5.74) is 5.60. The van der Waals surface area contributed by atoms with E-state index in [2.05, 4.69) is 9.97 Å². The molecular formula is C13H14N4O4. The molecule has 1 aliphatic rings. The van der Waals surface area contributed by atoms with Crippen LogP contribution in [0.4, 0.5) is 5.69 Å². The van der Waals surface area contributed by atoms with Gasteiger partial charge in [0.1, 0.15) is 6.10 Å². The SMILES string of the molecule is NC1CCCC1Oc1cc2nc[nH]c(=O)c2cc1[N+](=O)[O-]. The van der Waals surface area contributed by atoms with Crippen LogP contribution in [0.15, 0.2) is 23.3 Å². The van der Waals surface area contributed by atoms with Gasteiger partial charge < -0.3 is 15.5 Å². The molecule has 3 rings (SSSR count). The van der Waals surface area contributed by atoms with Crippen molar-refractivity contribution in [2.24, 2.45) is 5.73 Å². The lowest BCUT2D eigenvalue weighted by Gasteiger charge is -2.17. The molecule has 2 atom stereocenters. The molecule has 8 heteroatoms. The first kappa shape index (κ1) is 13.5. The summed E-state index contributed by atoms with van der Waals surface area (Å²) in [5.74, 6) is 0.105. The number of hydrogen-bond donors (Lipinski definition) is 2. The van der Waals surface area contributed by atoms with Crippen molar-refractivity contribution in [3.8, 4) is 5.75 Å². The van der Waals surface area contributed by atoms with Crippen LogP contribution < -0.4 is 16.0 Å². The lowest BCUT2D eigenvalue weighted by molar-refractivity contribution is -0.385. The summed E-state index contributed by atoms with van der Waals surface area (Å²) < 4.78 is 5.71. The summed E-state index contributed by atoms with van der Waals surface area (Å²) in [7, 11) is 0. The van der Waals surface area contributed by atoms with Crippen LogP contribution >= 0.6 is 0 Å². The maximum Gasteiger partial charge on any atom is 0.311 e. The van der Waals surface area contributed by atoms with Crippen LogP contribution in [0.3, 0.4) is 0 Å². The standard InChI is InChI=1S/C13H14N4O4/c14-8-2-1-3-11(8)21-12-5-9-7(4-10(12)17(19)20)13(18)16-6-15-9/h4-6,8,11H,1-3,14H2,(H,15,16,18). The zero-order valence-corrected chi connectivity index (χ0v) is 11.1. The minimum atomic E-state index is -0.568. The van der Waals surface area contributed by atoms with E-state index in [0.29, 0.717) is 5.52 Å². The fraction of sp³-hybridized carbons (Fsp3) is 0.385. The Labute approximate surface area is 119 Å². The summed E-state index contributed by atoms with van der Waals surface area (Å²) >= 11 is 0. The maximum atomic E-state index is 11.7. The van der Waals surface area contributed by atoms with Crippen molar-refractivity contribution in [2.45, 2.75) is 31.4 Å². The van der Waals surface area contributed by atoms with E-state index in [4.69, 9.17) is 10.5 Å². The monoisotopic (exact) mass is 290 g/mol. The van der Waals surface area contributed by atoms with Crippen molar-refractivity contribution in [3.05, 3.63) is 38.9 Å². The Morgan fingerprint density at radius 1 is 1.43 bits per heavy atom. The highest BCUT2D eigenvalue weighted by Crippen LogP contribution is 2.33. The Balaban J connectivity index is 2.09. The molecule has 8 nitrogen and oxygen atoms in total. The fourth-order valence-corrected chi connectivity index (χ4v) is 2.59. The predicted octanol–water partition coefficient (Wildman–Crippen LogP) is 1.09. The number of rotatable bonds is 3. The minimum Gasteiger partial charge on any atom is -0.482 e. The predicted molar refractivity (Wildman–Crippen MR) is 75.3 cm³/mol. The number of aromatic amines is 1. The van der Waals surface area contributed by atoms with Gasteiger partial charge in [0.15, 0.2) is 5.75 Å². The lowest BCUT2D eigenvalue weighted by atomic mass is 10.2. The molecule has 2 unspecified atom stereocenters. The number of nitrogens with two attached hydrogens (primary N) is 1. The molecule has 1 saturated carbocycles. The molecule has 3 N–H and O–H groups in total. The molecule has 1 heterocycles. The lowest BCUT2D eigenvalue weighted by Crippen LogP contribution is -2.33. The number of nitro groups is 1. The Morgan fingerprint density at radius 3 is 2.90 bits per heavy atom. The second-order valence-electron chi connectivity index (χ2n) is 5.08. The first-order chi connectivity index (χ1) is 10.1. The third-order valence-corrected chi connectivity index (χ3v) is 3.70. The molecule has 0 saturated heterocycles. The van der Waals surface area contributed by atoms with E-state index in [0.717, 1.165) is 19.3 Å². The van der Waals surface area contributed by atoms with Gasteiger partial charge in [-0.2, -0.15) is 0 Å². The average Bonchev–Trinajstić information content (AvgIpc) is 2.84. The molecule has 0 bridgehead atoms. The first-order valence-electron chi connectivity index (χ1n) is 6.64. The van der Waals surface area contributed by atoms with Crippen LogP contribution in [0.25, 0.3) is 10.9 Å². The van der Waals surface area contributed by atoms with Gasteiger partial charge in [-0.15, -0.1) is 0 Å². The number of nitro benzene ring substituents is 1. The molecule has 110 valence electrons. The third kappa shape index (κ3) is 2.45. The van der Waals surface area contributed by atoms with Crippen molar-refractivity contribution < 1.29 is 9.66 Å². The number of hydrogen-bond acceptors (Lipinski definition) is 6. The van der Waals surface area contributed by atoms with E-state index in [1.165, 1.54) is 18.5 Å². The van der Waals surface area contributed by atoms with E-state index >= 15 is 0 Å². The normalized spacial score (nSPS) is 21.6. The van der Waals surface area contributed by atoms with Crippen molar-refractivity contribution >= 4 is 16.6 Å². The summed E-state index contributed by atoms with van der Waals surface area (Å²) in [6.45, 7) is 0. The van der Waals surface area contributed by atoms with Crippen LogP contribution in [0, 0.1) is 10.1 Å². The quantitative estimate of drug-likeness (QED) is 0.644. The Morgan fingerprint density at radius 2 is 2.24 bits per heavy atom. The number of H-pyrrole nitrogens is 1. The molecule has 1 fully saturated rings. The molecule has 0 spiro atoms. The minimum absolute atomic E-state index is 0.105. The van der Waals surface area contributed by atoms with Gasteiger partial charge in [0.05, 0.1) is 22.2 Å². The average molecular weight is 290 g/mol. The van der Waals surface area contributed by atoms with Crippen molar-refractivity contribution in [2.75, 3.05) is 0 Å². The molecule has 2 aromatic rings. The molecule has 1 aliphatic carbocycles. The molecule has 21 heavy (non-hydrogen) atoms. The maximum absolute atomic E-state index is 11.7. The highest BCUT2D eigenvalue weighted by atomic mass is 16.6.